The molecule has 4 nitrogen and oxygen atoms in total. The monoisotopic (exact) mass is 389 g/mol. The molecule has 2 unspecified atom stereocenters. The molecule has 0 aromatic rings. The summed E-state index contributed by atoms with van der Waals surface area (Å²) in [6.45, 7) is 10.9. The Balaban J connectivity index is 0. The van der Waals surface area contributed by atoms with Gasteiger partial charge in [0.2, 0.25) is 0 Å². The van der Waals surface area contributed by atoms with E-state index in [2.05, 4.69) is 29.5 Å². The van der Waals surface area contributed by atoms with Crippen LogP contribution in [-0.2, 0) is 10.8 Å². The molecule has 18 heavy (non-hydrogen) atoms. The third-order valence-corrected chi connectivity index (χ3v) is 4.42. The number of hydrogen-bond donors (Lipinski definition) is 2. The lowest BCUT2D eigenvalue weighted by Gasteiger charge is -2.19. The molecule has 0 heterocycles. The molecular weight excluding hydrogens is 361 g/mol. The summed E-state index contributed by atoms with van der Waals surface area (Å²) in [6, 6.07) is 0.398. The van der Waals surface area contributed by atoms with Crippen LogP contribution in [-0.4, -0.2) is 40.3 Å². The molecule has 2 N–H and O–H groups in total. The highest BCUT2D eigenvalue weighted by Gasteiger charge is 2.18. The van der Waals surface area contributed by atoms with E-state index in [0.29, 0.717) is 18.3 Å². The second-order valence-corrected chi connectivity index (χ2v) is 7.44. The lowest BCUT2D eigenvalue weighted by atomic mass is 10.3. The highest BCUT2D eigenvalue weighted by molar-refractivity contribution is 14.0. The van der Waals surface area contributed by atoms with Gasteiger partial charge in [-0.25, -0.2) is 0 Å². The van der Waals surface area contributed by atoms with E-state index >= 15 is 0 Å². The zero-order chi connectivity index (χ0) is 13.5. The SMILES string of the molecule is CCC(C)NC(=NC)NCCS(=O)C(C)(C)C.I. The summed E-state index contributed by atoms with van der Waals surface area (Å²) in [4.78, 5) is 4.13. The van der Waals surface area contributed by atoms with Gasteiger partial charge in [0.05, 0.1) is 0 Å². The number of rotatable bonds is 5. The number of guanidine groups is 1. The highest BCUT2D eigenvalue weighted by Crippen LogP contribution is 2.10. The summed E-state index contributed by atoms with van der Waals surface area (Å²) in [7, 11) is 0.933. The van der Waals surface area contributed by atoms with Gasteiger partial charge in [-0.15, -0.1) is 24.0 Å². The van der Waals surface area contributed by atoms with Crippen molar-refractivity contribution in [1.82, 2.24) is 10.6 Å². The predicted octanol–water partition coefficient (Wildman–Crippen LogP) is 2.12. The maximum atomic E-state index is 11.8. The van der Waals surface area contributed by atoms with Crippen LogP contribution in [0.4, 0.5) is 0 Å². The summed E-state index contributed by atoms with van der Waals surface area (Å²) in [5.41, 5.74) is 0. The zero-order valence-corrected chi connectivity index (χ0v) is 15.5. The molecule has 2 atom stereocenters. The van der Waals surface area contributed by atoms with Crippen molar-refractivity contribution in [2.45, 2.75) is 51.8 Å². The van der Waals surface area contributed by atoms with Gasteiger partial charge >= 0.3 is 0 Å². The molecule has 0 fully saturated rings. The van der Waals surface area contributed by atoms with Crippen LogP contribution in [0.25, 0.3) is 0 Å². The fourth-order valence-electron chi connectivity index (χ4n) is 1.10. The highest BCUT2D eigenvalue weighted by atomic mass is 127. The summed E-state index contributed by atoms with van der Waals surface area (Å²) >= 11 is 0. The minimum atomic E-state index is -0.815. The number of halogens is 1. The molecule has 0 aromatic heterocycles. The van der Waals surface area contributed by atoms with Crippen LogP contribution in [0.15, 0.2) is 4.99 Å². The smallest absolute Gasteiger partial charge is 0.191 e. The van der Waals surface area contributed by atoms with Crippen molar-refractivity contribution in [3.05, 3.63) is 0 Å². The average Bonchev–Trinajstić information content (AvgIpc) is 2.25. The van der Waals surface area contributed by atoms with Crippen LogP contribution >= 0.6 is 24.0 Å². The molecular formula is C12H28IN3OS. The molecule has 0 bridgehead atoms. The van der Waals surface area contributed by atoms with Crippen molar-refractivity contribution in [3.8, 4) is 0 Å². The van der Waals surface area contributed by atoms with Gasteiger partial charge in [-0.2, -0.15) is 0 Å². The normalized spacial score (nSPS) is 15.6. The summed E-state index contributed by atoms with van der Waals surface area (Å²) in [6.07, 6.45) is 1.05. The third-order valence-electron chi connectivity index (χ3n) is 2.48. The lowest BCUT2D eigenvalue weighted by molar-refractivity contribution is 0.624. The molecule has 6 heteroatoms. The Kier molecular flexibility index (Phi) is 11.4. The van der Waals surface area contributed by atoms with Gasteiger partial charge in [0.1, 0.15) is 0 Å². The predicted molar refractivity (Wildman–Crippen MR) is 92.4 cm³/mol. The van der Waals surface area contributed by atoms with Gasteiger partial charge in [0, 0.05) is 40.9 Å². The van der Waals surface area contributed by atoms with Crippen molar-refractivity contribution in [3.63, 3.8) is 0 Å². The van der Waals surface area contributed by atoms with E-state index in [-0.39, 0.29) is 28.7 Å². The number of hydrogen-bond acceptors (Lipinski definition) is 2. The van der Waals surface area contributed by atoms with Gasteiger partial charge in [-0.3, -0.25) is 9.20 Å². The Bertz CT molecular complexity index is 277. The van der Waals surface area contributed by atoms with E-state index in [1.807, 2.05) is 20.8 Å². The fourth-order valence-corrected chi connectivity index (χ4v) is 2.00. The van der Waals surface area contributed by atoms with E-state index < -0.39 is 10.8 Å². The van der Waals surface area contributed by atoms with Crippen molar-refractivity contribution < 1.29 is 4.21 Å². The fraction of sp³-hybridized carbons (Fsp3) is 0.917. The Morgan fingerprint density at radius 2 is 1.94 bits per heavy atom. The molecule has 0 saturated heterocycles. The Morgan fingerprint density at radius 3 is 2.33 bits per heavy atom. The molecule has 110 valence electrons. The quantitative estimate of drug-likeness (QED) is 0.430. The summed E-state index contributed by atoms with van der Waals surface area (Å²) in [5, 5.41) is 6.45. The van der Waals surface area contributed by atoms with Crippen molar-refractivity contribution in [1.29, 1.82) is 0 Å². The second kappa shape index (κ2) is 10.00. The summed E-state index contributed by atoms with van der Waals surface area (Å²) in [5.74, 6) is 1.43. The molecule has 0 amide bonds. The molecule has 0 aliphatic carbocycles. The van der Waals surface area contributed by atoms with E-state index in [1.54, 1.807) is 7.05 Å². The third kappa shape index (κ3) is 9.13. The molecule has 0 aliphatic rings. The zero-order valence-electron chi connectivity index (χ0n) is 12.4. The lowest BCUT2D eigenvalue weighted by Crippen LogP contribution is -2.43. The first-order valence-corrected chi connectivity index (χ1v) is 7.48. The van der Waals surface area contributed by atoms with Gasteiger partial charge in [0.15, 0.2) is 5.96 Å². The molecule has 0 rings (SSSR count). The molecule has 0 saturated carbocycles. The summed E-state index contributed by atoms with van der Waals surface area (Å²) < 4.78 is 11.7. The molecule has 0 aliphatic heterocycles. The Hall–Kier alpha value is 0.150. The minimum absolute atomic E-state index is 0. The molecule has 0 spiro atoms. The second-order valence-electron chi connectivity index (χ2n) is 5.11. The van der Waals surface area contributed by atoms with Crippen LogP contribution in [0, 0.1) is 0 Å². The maximum Gasteiger partial charge on any atom is 0.191 e. The molecule has 0 aromatic carbocycles. The maximum absolute atomic E-state index is 11.8. The van der Waals surface area contributed by atoms with E-state index in [4.69, 9.17) is 0 Å². The van der Waals surface area contributed by atoms with Crippen LogP contribution in [0.3, 0.4) is 0 Å². The first kappa shape index (κ1) is 20.5. The van der Waals surface area contributed by atoms with Crippen LogP contribution in [0.1, 0.15) is 41.0 Å². The first-order chi connectivity index (χ1) is 7.81. The van der Waals surface area contributed by atoms with Crippen molar-refractivity contribution >= 4 is 40.7 Å². The van der Waals surface area contributed by atoms with Crippen LogP contribution in [0.5, 0.6) is 0 Å². The Labute approximate surface area is 131 Å². The average molecular weight is 389 g/mol. The van der Waals surface area contributed by atoms with E-state index in [0.717, 1.165) is 12.4 Å². The number of nitrogens with one attached hydrogen (secondary N) is 2. The van der Waals surface area contributed by atoms with Gasteiger partial charge < -0.3 is 10.6 Å². The topological polar surface area (TPSA) is 53.5 Å². The molecule has 0 radical (unpaired) electrons. The van der Waals surface area contributed by atoms with Gasteiger partial charge in [-0.05, 0) is 34.1 Å². The standard InChI is InChI=1S/C12H27N3OS.HI/c1-7-10(2)15-11(13-6)14-8-9-17(16)12(3,4)5;/h10H,7-9H2,1-6H3,(H2,13,14,15);1H. The van der Waals surface area contributed by atoms with Crippen molar-refractivity contribution in [2.75, 3.05) is 19.3 Å². The number of aliphatic imine (C=N–C) groups is 1. The van der Waals surface area contributed by atoms with Crippen LogP contribution < -0.4 is 10.6 Å². The van der Waals surface area contributed by atoms with E-state index in [9.17, 15) is 4.21 Å². The van der Waals surface area contributed by atoms with Crippen molar-refractivity contribution in [2.24, 2.45) is 4.99 Å². The van der Waals surface area contributed by atoms with Crippen LogP contribution in [0.2, 0.25) is 0 Å². The van der Waals surface area contributed by atoms with Gasteiger partial charge in [0.25, 0.3) is 0 Å². The minimum Gasteiger partial charge on any atom is -0.355 e. The largest absolute Gasteiger partial charge is 0.355 e. The van der Waals surface area contributed by atoms with E-state index in [1.165, 1.54) is 0 Å². The first-order valence-electron chi connectivity index (χ1n) is 6.17. The number of nitrogens with zero attached hydrogens (tertiary/aromatic N) is 1. The Morgan fingerprint density at radius 1 is 1.39 bits per heavy atom. The van der Waals surface area contributed by atoms with Gasteiger partial charge in [-0.1, -0.05) is 6.92 Å².